The maximum atomic E-state index is 13.2. The van der Waals surface area contributed by atoms with E-state index in [-0.39, 0.29) is 17.9 Å². The highest BCUT2D eigenvalue weighted by atomic mass is 16.2. The number of aryl methyl sites for hydroxylation is 2. The van der Waals surface area contributed by atoms with Crippen LogP contribution in [0.3, 0.4) is 0 Å². The molecular weight excluding hydrogens is 518 g/mol. The summed E-state index contributed by atoms with van der Waals surface area (Å²) < 4.78 is 1.70. The molecule has 0 aliphatic heterocycles. The summed E-state index contributed by atoms with van der Waals surface area (Å²) in [6, 6.07) is 7.90. The van der Waals surface area contributed by atoms with Crippen LogP contribution < -0.4 is 10.6 Å². The van der Waals surface area contributed by atoms with Crippen molar-refractivity contribution in [2.75, 3.05) is 7.05 Å². The van der Waals surface area contributed by atoms with Gasteiger partial charge in [-0.2, -0.15) is 10.1 Å². The summed E-state index contributed by atoms with van der Waals surface area (Å²) in [5, 5.41) is 12.3. The van der Waals surface area contributed by atoms with Gasteiger partial charge in [-0.1, -0.05) is 25.0 Å². The molecule has 4 heterocycles. The Morgan fingerprint density at radius 3 is 2.73 bits per heavy atom. The molecule has 1 unspecified atom stereocenters. The van der Waals surface area contributed by atoms with Crippen molar-refractivity contribution in [2.24, 2.45) is 0 Å². The predicted molar refractivity (Wildman–Crippen MR) is 156 cm³/mol. The fourth-order valence-corrected chi connectivity index (χ4v) is 5.15. The van der Waals surface area contributed by atoms with Crippen molar-refractivity contribution in [3.63, 3.8) is 0 Å². The van der Waals surface area contributed by atoms with Crippen LogP contribution in [0.15, 0.2) is 49.2 Å². The first-order valence-electron chi connectivity index (χ1n) is 14.0. The van der Waals surface area contributed by atoms with E-state index in [9.17, 15) is 9.59 Å². The maximum absolute atomic E-state index is 13.2. The number of nitrogens with zero attached hydrogens (tertiary/aromatic N) is 6. The number of rotatable bonds is 12. The molecule has 0 aliphatic rings. The van der Waals surface area contributed by atoms with Crippen LogP contribution in [0.2, 0.25) is 0 Å². The molecule has 0 saturated carbocycles. The molecule has 3 N–H and O–H groups in total. The topological polar surface area (TPSA) is 143 Å². The molecule has 0 radical (unpaired) electrons. The van der Waals surface area contributed by atoms with Gasteiger partial charge in [0.15, 0.2) is 0 Å². The third-order valence-electron chi connectivity index (χ3n) is 7.48. The fourth-order valence-electron chi connectivity index (χ4n) is 5.15. The lowest BCUT2D eigenvalue weighted by molar-refractivity contribution is -0.122. The zero-order chi connectivity index (χ0) is 28.8. The number of aromatic nitrogens is 7. The van der Waals surface area contributed by atoms with E-state index in [1.165, 1.54) is 6.33 Å². The number of imidazole rings is 1. The second-order valence-corrected chi connectivity index (χ2v) is 10.2. The Morgan fingerprint density at radius 1 is 1.00 bits per heavy atom. The third-order valence-corrected chi connectivity index (χ3v) is 7.48. The molecule has 2 amide bonds. The first-order valence-corrected chi connectivity index (χ1v) is 14.0. The SMILES string of the molecule is CNC(=O)CCCCCC(NC(=O)CCc1c(C)nc2ncnn2c1C)c1ncc(-c2ccc3ccncc3c2)[nH]1. The van der Waals surface area contributed by atoms with Gasteiger partial charge < -0.3 is 15.6 Å². The Kier molecular flexibility index (Phi) is 8.61. The molecule has 5 aromatic rings. The van der Waals surface area contributed by atoms with Crippen molar-refractivity contribution in [3.05, 3.63) is 72.0 Å². The van der Waals surface area contributed by atoms with Crippen LogP contribution >= 0.6 is 0 Å². The zero-order valence-corrected chi connectivity index (χ0v) is 23.6. The van der Waals surface area contributed by atoms with Crippen molar-refractivity contribution in [1.29, 1.82) is 0 Å². The number of hydrogen-bond donors (Lipinski definition) is 3. The van der Waals surface area contributed by atoms with Crippen LogP contribution in [0.5, 0.6) is 0 Å². The second-order valence-electron chi connectivity index (χ2n) is 10.2. The summed E-state index contributed by atoms with van der Waals surface area (Å²) in [5.41, 5.74) is 4.66. The number of hydrogen-bond acceptors (Lipinski definition) is 7. The molecule has 0 fully saturated rings. The van der Waals surface area contributed by atoms with Crippen molar-refractivity contribution in [1.82, 2.24) is 45.2 Å². The van der Waals surface area contributed by atoms with Gasteiger partial charge >= 0.3 is 0 Å². The van der Waals surface area contributed by atoms with Gasteiger partial charge in [-0.3, -0.25) is 14.6 Å². The van der Waals surface area contributed by atoms with E-state index in [2.05, 4.69) is 58.9 Å². The molecule has 0 saturated heterocycles. The third kappa shape index (κ3) is 6.56. The Labute approximate surface area is 238 Å². The lowest BCUT2D eigenvalue weighted by atomic mass is 10.0. The molecule has 1 aromatic carbocycles. The predicted octanol–water partition coefficient (Wildman–Crippen LogP) is 4.17. The van der Waals surface area contributed by atoms with Crippen LogP contribution in [0.25, 0.3) is 27.8 Å². The molecular formula is C30H35N9O2. The maximum Gasteiger partial charge on any atom is 0.252 e. The van der Waals surface area contributed by atoms with Crippen LogP contribution in [0, 0.1) is 13.8 Å². The minimum Gasteiger partial charge on any atom is -0.359 e. The summed E-state index contributed by atoms with van der Waals surface area (Å²) in [6.07, 6.45) is 11.5. The van der Waals surface area contributed by atoms with Gasteiger partial charge in [-0.15, -0.1) is 0 Å². The van der Waals surface area contributed by atoms with Gasteiger partial charge in [-0.05, 0) is 56.2 Å². The lowest BCUT2D eigenvalue weighted by Crippen LogP contribution is -2.29. The van der Waals surface area contributed by atoms with Gasteiger partial charge in [0, 0.05) is 54.6 Å². The van der Waals surface area contributed by atoms with Gasteiger partial charge in [0.2, 0.25) is 11.8 Å². The number of nitrogens with one attached hydrogen (secondary N) is 3. The summed E-state index contributed by atoms with van der Waals surface area (Å²) in [5.74, 6) is 1.25. The van der Waals surface area contributed by atoms with Gasteiger partial charge in [0.1, 0.15) is 12.2 Å². The number of fused-ring (bicyclic) bond motifs is 2. The Morgan fingerprint density at radius 2 is 1.88 bits per heavy atom. The van der Waals surface area contributed by atoms with Gasteiger partial charge in [-0.25, -0.2) is 14.5 Å². The summed E-state index contributed by atoms with van der Waals surface area (Å²) in [6.45, 7) is 3.90. The van der Waals surface area contributed by atoms with E-state index in [0.29, 0.717) is 37.3 Å². The molecule has 0 bridgehead atoms. The van der Waals surface area contributed by atoms with Crippen molar-refractivity contribution in [2.45, 2.75) is 64.8 Å². The van der Waals surface area contributed by atoms with Crippen LogP contribution in [0.4, 0.5) is 0 Å². The van der Waals surface area contributed by atoms with E-state index < -0.39 is 0 Å². The number of carbonyl (C=O) groups is 2. The largest absolute Gasteiger partial charge is 0.359 e. The fraction of sp³-hybridized carbons (Fsp3) is 0.367. The molecule has 0 spiro atoms. The van der Waals surface area contributed by atoms with Crippen LogP contribution in [0.1, 0.15) is 67.3 Å². The van der Waals surface area contributed by atoms with E-state index in [4.69, 9.17) is 0 Å². The molecule has 5 rings (SSSR count). The first kappa shape index (κ1) is 27.9. The molecule has 212 valence electrons. The second kappa shape index (κ2) is 12.7. The Bertz CT molecular complexity index is 1670. The van der Waals surface area contributed by atoms with Crippen molar-refractivity contribution < 1.29 is 9.59 Å². The summed E-state index contributed by atoms with van der Waals surface area (Å²) in [7, 11) is 1.65. The minimum absolute atomic E-state index is 0.0419. The van der Waals surface area contributed by atoms with E-state index in [1.54, 1.807) is 17.8 Å². The molecule has 1 atom stereocenters. The van der Waals surface area contributed by atoms with E-state index in [0.717, 1.165) is 58.2 Å². The Balaban J connectivity index is 1.29. The average molecular weight is 554 g/mol. The highest BCUT2D eigenvalue weighted by Crippen LogP contribution is 2.26. The molecule has 11 heteroatoms. The normalized spacial score (nSPS) is 12.1. The van der Waals surface area contributed by atoms with E-state index >= 15 is 0 Å². The molecule has 41 heavy (non-hydrogen) atoms. The lowest BCUT2D eigenvalue weighted by Gasteiger charge is -2.17. The van der Waals surface area contributed by atoms with Gasteiger partial charge in [0.05, 0.1) is 17.9 Å². The number of H-pyrrole nitrogens is 1. The highest BCUT2D eigenvalue weighted by molar-refractivity contribution is 5.86. The number of carbonyl (C=O) groups excluding carboxylic acids is 2. The van der Waals surface area contributed by atoms with Crippen molar-refractivity contribution in [3.8, 4) is 11.3 Å². The molecule has 0 aliphatic carbocycles. The summed E-state index contributed by atoms with van der Waals surface area (Å²) >= 11 is 0. The van der Waals surface area contributed by atoms with Crippen LogP contribution in [-0.2, 0) is 16.0 Å². The zero-order valence-electron chi connectivity index (χ0n) is 23.6. The van der Waals surface area contributed by atoms with Crippen LogP contribution in [-0.4, -0.2) is 53.4 Å². The number of unbranched alkanes of at least 4 members (excludes halogenated alkanes) is 2. The van der Waals surface area contributed by atoms with Crippen molar-refractivity contribution >= 4 is 28.4 Å². The number of pyridine rings is 1. The standard InChI is InChI=1S/C30H35N9O2/c1-19-24(20(2)39-30(36-19)34-18-35-39)11-12-28(41)37-25(7-5-4-6-8-27(40)31-3)29-33-17-26(38-29)22-10-9-21-13-14-32-16-23(21)15-22/h9-10,13-18,25H,4-8,11-12H2,1-3H3,(H,31,40)(H,33,38)(H,37,41). The smallest absolute Gasteiger partial charge is 0.252 e. The number of aromatic amines is 1. The highest BCUT2D eigenvalue weighted by Gasteiger charge is 2.20. The molecule has 11 nitrogen and oxygen atoms in total. The quantitative estimate of drug-likeness (QED) is 0.197. The Hall–Kier alpha value is -4.67. The monoisotopic (exact) mass is 553 g/mol. The molecule has 4 aromatic heterocycles. The average Bonchev–Trinajstić information content (AvgIpc) is 3.66. The van der Waals surface area contributed by atoms with Gasteiger partial charge in [0.25, 0.3) is 5.78 Å². The first-order chi connectivity index (χ1) is 19.9. The number of benzene rings is 1. The van der Waals surface area contributed by atoms with E-state index in [1.807, 2.05) is 32.3 Å². The summed E-state index contributed by atoms with van der Waals surface area (Å²) in [4.78, 5) is 45.8. The number of amides is 2. The minimum atomic E-state index is -0.281.